The average molecular weight is 1430 g/mol. The molecule has 30 nitrogen and oxygen atoms in total. The number of hydrogen-bond donors (Lipinski definition) is 5. The fourth-order valence-electron chi connectivity index (χ4n) is 7.95. The quantitative estimate of drug-likeness (QED) is 0.00993. The van der Waals surface area contributed by atoms with Gasteiger partial charge in [0.15, 0.2) is 56.1 Å². The highest BCUT2D eigenvalue weighted by Gasteiger charge is 2.27. The summed E-state index contributed by atoms with van der Waals surface area (Å²) < 4.78 is 181. The number of nitrogens with zero attached hydrogens (tertiary/aromatic N) is 5. The first-order chi connectivity index (χ1) is 45.0. The second kappa shape index (κ2) is 35.1. The highest BCUT2D eigenvalue weighted by atomic mass is 32.2. The monoisotopic (exact) mass is 1430 g/mol. The summed E-state index contributed by atoms with van der Waals surface area (Å²) in [6.07, 6.45) is 15.4. The molecule has 0 unspecified atom stereocenters. The Hall–Kier alpha value is -9.82. The first-order valence-electron chi connectivity index (χ1n) is 27.9. The lowest BCUT2D eigenvalue weighted by atomic mass is 9.97. The molecule has 0 aliphatic rings. The maximum Gasteiger partial charge on any atom is 0.329 e. The van der Waals surface area contributed by atoms with Gasteiger partial charge in [0.05, 0.1) is 29.2 Å². The van der Waals surface area contributed by atoms with Gasteiger partial charge in [-0.15, -0.1) is 0 Å². The maximum atomic E-state index is 12.1. The maximum absolute atomic E-state index is 12.1. The van der Waals surface area contributed by atoms with Crippen LogP contribution in [0, 0.1) is 26.0 Å². The predicted octanol–water partition coefficient (Wildman–Crippen LogP) is 9.44. The van der Waals surface area contributed by atoms with Crippen LogP contribution < -0.4 is 0 Å². The van der Waals surface area contributed by atoms with Gasteiger partial charge in [-0.3, -0.25) is 22.8 Å². The lowest BCUT2D eigenvalue weighted by molar-refractivity contribution is -0.537. The topological polar surface area (TPSA) is 468 Å². The van der Waals surface area contributed by atoms with E-state index in [2.05, 4.69) is 20.2 Å². The third-order valence-electron chi connectivity index (χ3n) is 12.6. The molecule has 0 amide bonds. The van der Waals surface area contributed by atoms with Crippen molar-refractivity contribution in [3.8, 4) is 0 Å². The molecule has 514 valence electrons. The summed E-state index contributed by atoms with van der Waals surface area (Å²) in [6, 6.07) is 40.5. The fraction of sp³-hybridized carbons (Fsp3) is 0.197. The number of furan rings is 5. The van der Waals surface area contributed by atoms with Gasteiger partial charge in [0, 0.05) is 54.7 Å². The minimum atomic E-state index is -4.47. The minimum absolute atomic E-state index is 0.00781. The summed E-state index contributed by atoms with van der Waals surface area (Å²) in [5.74, 6) is -0.107. The Labute approximate surface area is 551 Å². The first-order valence-corrected chi connectivity index (χ1v) is 35.1. The van der Waals surface area contributed by atoms with E-state index >= 15 is 0 Å². The molecule has 0 saturated heterocycles. The number of hydroxylamine groups is 5. The summed E-state index contributed by atoms with van der Waals surface area (Å²) in [7, 11) is -22.0. The highest BCUT2D eigenvalue weighted by Crippen LogP contribution is 2.21. The van der Waals surface area contributed by atoms with Crippen molar-refractivity contribution in [2.75, 3.05) is 0 Å². The van der Waals surface area contributed by atoms with Gasteiger partial charge >= 0.3 is 20.2 Å². The van der Waals surface area contributed by atoms with Crippen LogP contribution in [0.25, 0.3) is 0 Å². The van der Waals surface area contributed by atoms with E-state index in [9.17, 15) is 68.1 Å². The lowest BCUT2D eigenvalue weighted by Gasteiger charge is -2.23. The Morgan fingerprint density at radius 2 is 0.896 bits per heavy atom. The molecule has 96 heavy (non-hydrogen) atoms. The van der Waals surface area contributed by atoms with Crippen molar-refractivity contribution >= 4 is 81.7 Å². The molecule has 0 saturated carbocycles. The fourth-order valence-corrected chi connectivity index (χ4v) is 10.6. The van der Waals surface area contributed by atoms with E-state index in [0.29, 0.717) is 19.0 Å². The van der Waals surface area contributed by atoms with E-state index in [1.54, 1.807) is 84.9 Å². The summed E-state index contributed by atoms with van der Waals surface area (Å²) in [5, 5.41) is 57.6. The van der Waals surface area contributed by atoms with E-state index < -0.39 is 76.1 Å². The number of unbranched alkanes of at least 4 members (excludes halogenated alkanes) is 2. The third-order valence-corrected chi connectivity index (χ3v) is 16.7. The van der Waals surface area contributed by atoms with E-state index in [0.717, 1.165) is 127 Å². The van der Waals surface area contributed by atoms with E-state index in [1.165, 1.54) is 18.5 Å². The normalized spacial score (nSPS) is 12.8. The molecule has 9 rings (SSSR count). The van der Waals surface area contributed by atoms with Crippen LogP contribution in [0.2, 0.25) is 0 Å². The predicted molar refractivity (Wildman–Crippen MR) is 345 cm³/mol. The molecule has 5 N–H and O–H groups in total. The van der Waals surface area contributed by atoms with Gasteiger partial charge in [-0.25, -0.2) is 23.7 Å². The molecule has 0 aliphatic carbocycles. The van der Waals surface area contributed by atoms with Gasteiger partial charge in [-0.1, -0.05) is 141 Å². The molecule has 0 bridgehead atoms. The SMILES string of the molecule is CCCCCC(C)(C)[N+]([O-])=Cc1cc(S(=O)(=O)O)co1.O=S(=O)(O)c1cc(C=[N+]([O-])Cc2ccccc2)co1.O=S(=O)(O)c1ccoc1C=[N+]([O-])Cc1ccccc1.O=S(=O)(O)c1cocc1C=[N+]([O-])Cc1ccccc1.O=S(=O)(O)c1occc1C=[N+]([O-])Cc1ccccc1. The average Bonchev–Trinajstić information content (AvgIpc) is 1.71. The van der Waals surface area contributed by atoms with Crippen molar-refractivity contribution in [3.05, 3.63) is 260 Å². The molecular weight excluding hydrogens is 1360 g/mol. The van der Waals surface area contributed by atoms with Crippen LogP contribution in [0.3, 0.4) is 0 Å². The van der Waals surface area contributed by atoms with Gasteiger partial charge in [0.1, 0.15) is 39.7 Å². The second-order valence-corrected chi connectivity index (χ2v) is 27.6. The van der Waals surface area contributed by atoms with Crippen LogP contribution in [0.15, 0.2) is 230 Å². The first kappa shape index (κ1) is 76.9. The van der Waals surface area contributed by atoms with Crippen molar-refractivity contribution in [1.82, 2.24) is 0 Å². The zero-order valence-electron chi connectivity index (χ0n) is 51.0. The van der Waals surface area contributed by atoms with Gasteiger partial charge in [-0.05, 0) is 18.6 Å². The van der Waals surface area contributed by atoms with E-state index in [-0.39, 0.29) is 59.3 Å². The van der Waals surface area contributed by atoms with E-state index in [1.807, 2.05) is 50.2 Å². The molecule has 0 aliphatic heterocycles. The molecule has 9 aromatic rings. The smallest absolute Gasteiger partial charge is 0.329 e. The van der Waals surface area contributed by atoms with Crippen LogP contribution in [0.5, 0.6) is 0 Å². The molecule has 0 spiro atoms. The molecular formula is C61H65N5O25S5. The zero-order valence-corrected chi connectivity index (χ0v) is 55.1. The Balaban J connectivity index is 0.000000217. The van der Waals surface area contributed by atoms with Crippen LogP contribution in [0.4, 0.5) is 0 Å². The summed E-state index contributed by atoms with van der Waals surface area (Å²) in [4.78, 5) is -1.22. The van der Waals surface area contributed by atoms with Crippen molar-refractivity contribution in [3.63, 3.8) is 0 Å². The molecule has 4 aromatic carbocycles. The van der Waals surface area contributed by atoms with E-state index in [4.69, 9.17) is 31.6 Å². The van der Waals surface area contributed by atoms with Gasteiger partial charge < -0.3 is 48.1 Å². The second-order valence-electron chi connectivity index (χ2n) is 20.7. The molecule has 0 atom stereocenters. The van der Waals surface area contributed by atoms with Crippen molar-refractivity contribution in [1.29, 1.82) is 0 Å². The molecule has 5 heterocycles. The summed E-state index contributed by atoms with van der Waals surface area (Å²) >= 11 is 0. The van der Waals surface area contributed by atoms with Crippen LogP contribution in [-0.4, -0.2) is 125 Å². The molecule has 35 heteroatoms. The number of hydrogen-bond acceptors (Lipinski definition) is 20. The number of rotatable bonds is 23. The van der Waals surface area contributed by atoms with Crippen LogP contribution >= 0.6 is 0 Å². The molecule has 5 aromatic heterocycles. The Kier molecular flexibility index (Phi) is 28.1. The zero-order chi connectivity index (χ0) is 70.9. The highest BCUT2D eigenvalue weighted by molar-refractivity contribution is 7.86. The minimum Gasteiger partial charge on any atom is -0.624 e. The van der Waals surface area contributed by atoms with Crippen LogP contribution in [-0.2, 0) is 76.8 Å². The van der Waals surface area contributed by atoms with Gasteiger partial charge in [-0.2, -0.15) is 42.1 Å². The Morgan fingerprint density at radius 3 is 1.32 bits per heavy atom. The van der Waals surface area contributed by atoms with Crippen LogP contribution in [0.1, 0.15) is 96.9 Å². The van der Waals surface area contributed by atoms with Gasteiger partial charge in [0.25, 0.3) is 35.4 Å². The number of benzene rings is 4. The van der Waals surface area contributed by atoms with Crippen molar-refractivity contribution < 1.29 is 111 Å². The standard InChI is InChI=1S/C13H21NO5S.4C12H11NO5S/c1-4-5-6-7-13(2,3)14(15)9-11-8-12(10-19-11)20(16,17)18;14-13(7-10-4-2-1-3-5-10)8-11-6-12(18-9-11)19(15,16)17;14-13(6-10-4-2-1-3-5-10)7-11-8-18-9-12(11)19(15,16)17;14-13(8-10-4-2-1-3-5-10)9-11-12(6-7-18-11)19(15,16)17;14-13(8-10-4-2-1-3-5-10)9-11-6-7-18-12(11)19(15,16)17/h8-10H,4-7H2,1-3H3,(H,16,17,18);1-6,8-9H,7H2,(H,15,16,17);1-5,7-9H,6H2,(H,15,16,17);2*1-7,9H,8H2,(H,15,16,17). The molecule has 0 fully saturated rings. The summed E-state index contributed by atoms with van der Waals surface area (Å²) in [5.41, 5.74) is 2.85. The third kappa shape index (κ3) is 26.5. The van der Waals surface area contributed by atoms with Crippen molar-refractivity contribution in [2.45, 2.75) is 103 Å². The summed E-state index contributed by atoms with van der Waals surface area (Å²) in [6.45, 7) is 6.04. The lowest BCUT2D eigenvalue weighted by Crippen LogP contribution is -2.33. The van der Waals surface area contributed by atoms with Crippen molar-refractivity contribution in [2.24, 2.45) is 0 Å². The Morgan fingerprint density at radius 1 is 0.438 bits per heavy atom. The Bertz CT molecular complexity index is 4420. The van der Waals surface area contributed by atoms with Gasteiger partial charge in [0.2, 0.25) is 23.3 Å². The molecule has 0 radical (unpaired) electrons. The largest absolute Gasteiger partial charge is 0.624 e.